The molecule has 0 aliphatic rings. The fraction of sp³-hybridized carbons (Fsp3) is 0.188. The van der Waals surface area contributed by atoms with E-state index < -0.39 is 0 Å². The number of aromatic nitrogens is 3. The average Bonchev–Trinajstić information content (AvgIpc) is 3.01. The molecule has 0 saturated carbocycles. The fourth-order valence-electron chi connectivity index (χ4n) is 2.11. The number of nitrogen functional groups attached to an aromatic ring is 1. The van der Waals surface area contributed by atoms with Crippen LogP contribution in [0.15, 0.2) is 39.3 Å². The van der Waals surface area contributed by atoms with Crippen LogP contribution in [-0.4, -0.2) is 22.1 Å². The smallest absolute Gasteiger partial charge is 0.190 e. The van der Waals surface area contributed by atoms with Gasteiger partial charge in [0.2, 0.25) is 0 Å². The second-order valence-corrected chi connectivity index (χ2v) is 7.71. The standard InChI is InChI=1S/C16H15BrN4OS2/c1-9-5-14(18)21-16(19-9)24-8-11-7-23-15(20-11)12-6-10(17)3-4-13(12)22-2/h3-7H,8H2,1-2H3,(H2,18,19,21). The summed E-state index contributed by atoms with van der Waals surface area (Å²) in [6.45, 7) is 1.91. The lowest BCUT2D eigenvalue weighted by Crippen LogP contribution is -1.96. The van der Waals surface area contributed by atoms with E-state index in [0.717, 1.165) is 32.2 Å². The zero-order valence-electron chi connectivity index (χ0n) is 13.1. The molecule has 124 valence electrons. The summed E-state index contributed by atoms with van der Waals surface area (Å²) in [5, 5.41) is 3.64. The monoisotopic (exact) mass is 422 g/mol. The first-order valence-electron chi connectivity index (χ1n) is 7.07. The number of ether oxygens (including phenoxy) is 1. The molecule has 0 spiro atoms. The predicted molar refractivity (Wildman–Crippen MR) is 103 cm³/mol. The quantitative estimate of drug-likeness (QED) is 0.479. The Kier molecular flexibility index (Phi) is 5.37. The Hall–Kier alpha value is -1.64. The summed E-state index contributed by atoms with van der Waals surface area (Å²) in [4.78, 5) is 13.3. The summed E-state index contributed by atoms with van der Waals surface area (Å²) in [5.41, 5.74) is 8.58. The summed E-state index contributed by atoms with van der Waals surface area (Å²) in [5.74, 6) is 1.99. The number of nitrogens with two attached hydrogens (primary N) is 1. The first kappa shape index (κ1) is 17.2. The molecule has 0 unspecified atom stereocenters. The number of aryl methyl sites for hydroxylation is 1. The van der Waals surface area contributed by atoms with Gasteiger partial charge in [-0.2, -0.15) is 0 Å². The van der Waals surface area contributed by atoms with Crippen molar-refractivity contribution in [3.8, 4) is 16.3 Å². The third kappa shape index (κ3) is 4.06. The molecule has 1 aromatic carbocycles. The first-order chi connectivity index (χ1) is 11.5. The molecule has 2 heterocycles. The van der Waals surface area contributed by atoms with Crippen molar-refractivity contribution in [2.75, 3.05) is 12.8 Å². The van der Waals surface area contributed by atoms with Crippen LogP contribution in [0.25, 0.3) is 10.6 Å². The zero-order valence-corrected chi connectivity index (χ0v) is 16.3. The predicted octanol–water partition coefficient (Wildman–Crippen LogP) is 4.55. The van der Waals surface area contributed by atoms with E-state index in [2.05, 4.69) is 25.9 Å². The van der Waals surface area contributed by atoms with E-state index in [9.17, 15) is 0 Å². The van der Waals surface area contributed by atoms with Crippen LogP contribution in [0.3, 0.4) is 0 Å². The van der Waals surface area contributed by atoms with Crippen molar-refractivity contribution in [2.45, 2.75) is 17.8 Å². The van der Waals surface area contributed by atoms with E-state index in [4.69, 9.17) is 15.5 Å². The highest BCUT2D eigenvalue weighted by Crippen LogP contribution is 2.35. The fourth-order valence-corrected chi connectivity index (χ4v) is 4.22. The van der Waals surface area contributed by atoms with Crippen LogP contribution in [0.2, 0.25) is 0 Å². The lowest BCUT2D eigenvalue weighted by atomic mass is 10.2. The molecule has 0 atom stereocenters. The van der Waals surface area contributed by atoms with Crippen molar-refractivity contribution >= 4 is 44.8 Å². The van der Waals surface area contributed by atoms with E-state index in [-0.39, 0.29) is 0 Å². The summed E-state index contributed by atoms with van der Waals surface area (Å²) < 4.78 is 6.42. The van der Waals surface area contributed by atoms with Gasteiger partial charge in [-0.3, -0.25) is 0 Å². The number of hydrogen-bond donors (Lipinski definition) is 1. The van der Waals surface area contributed by atoms with Crippen LogP contribution in [0.4, 0.5) is 5.82 Å². The lowest BCUT2D eigenvalue weighted by Gasteiger charge is -2.06. The van der Waals surface area contributed by atoms with Crippen molar-refractivity contribution in [3.63, 3.8) is 0 Å². The van der Waals surface area contributed by atoms with Gasteiger partial charge in [0.15, 0.2) is 5.16 Å². The third-order valence-corrected chi connectivity index (χ3v) is 5.44. The van der Waals surface area contributed by atoms with E-state index >= 15 is 0 Å². The van der Waals surface area contributed by atoms with Crippen LogP contribution < -0.4 is 10.5 Å². The Bertz CT molecular complexity index is 849. The maximum atomic E-state index is 5.76. The number of anilines is 1. The molecule has 2 aromatic heterocycles. The Morgan fingerprint density at radius 2 is 2.08 bits per heavy atom. The van der Waals surface area contributed by atoms with Gasteiger partial charge in [0.25, 0.3) is 0 Å². The number of hydrogen-bond acceptors (Lipinski definition) is 7. The second kappa shape index (κ2) is 7.50. The summed E-state index contributed by atoms with van der Waals surface area (Å²) >= 11 is 6.61. The van der Waals surface area contributed by atoms with Crippen LogP contribution in [0.5, 0.6) is 5.75 Å². The lowest BCUT2D eigenvalue weighted by molar-refractivity contribution is 0.416. The van der Waals surface area contributed by atoms with E-state index in [1.165, 1.54) is 11.8 Å². The molecule has 8 heteroatoms. The Morgan fingerprint density at radius 1 is 1.25 bits per heavy atom. The Balaban J connectivity index is 1.77. The number of thioether (sulfide) groups is 1. The summed E-state index contributed by atoms with van der Waals surface area (Å²) in [6, 6.07) is 7.65. The molecule has 0 aliphatic carbocycles. The number of methoxy groups -OCH3 is 1. The van der Waals surface area contributed by atoms with Crippen molar-refractivity contribution in [2.24, 2.45) is 0 Å². The van der Waals surface area contributed by atoms with Crippen LogP contribution in [0, 0.1) is 6.92 Å². The van der Waals surface area contributed by atoms with E-state index in [1.807, 2.05) is 30.5 Å². The van der Waals surface area contributed by atoms with Crippen molar-refractivity contribution < 1.29 is 4.74 Å². The molecule has 0 fully saturated rings. The van der Waals surface area contributed by atoms with Crippen LogP contribution in [-0.2, 0) is 5.75 Å². The number of nitrogens with zero attached hydrogens (tertiary/aromatic N) is 3. The van der Waals surface area contributed by atoms with Crippen LogP contribution >= 0.6 is 39.0 Å². The average molecular weight is 423 g/mol. The van der Waals surface area contributed by atoms with Crippen molar-refractivity contribution in [1.29, 1.82) is 0 Å². The van der Waals surface area contributed by atoms with Crippen molar-refractivity contribution in [1.82, 2.24) is 15.0 Å². The molecular formula is C16H15BrN4OS2. The summed E-state index contributed by atoms with van der Waals surface area (Å²) in [7, 11) is 1.66. The van der Waals surface area contributed by atoms with Gasteiger partial charge in [0.05, 0.1) is 18.4 Å². The molecule has 0 bridgehead atoms. The molecule has 0 aliphatic heterocycles. The molecule has 24 heavy (non-hydrogen) atoms. The Morgan fingerprint density at radius 3 is 2.83 bits per heavy atom. The third-order valence-electron chi connectivity index (χ3n) is 3.15. The molecule has 0 amide bonds. The minimum Gasteiger partial charge on any atom is -0.496 e. The minimum atomic E-state index is 0.489. The zero-order chi connectivity index (χ0) is 17.1. The minimum absolute atomic E-state index is 0.489. The van der Waals surface area contributed by atoms with Gasteiger partial charge < -0.3 is 10.5 Å². The molecule has 5 nitrogen and oxygen atoms in total. The van der Waals surface area contributed by atoms with E-state index in [0.29, 0.717) is 16.7 Å². The number of rotatable bonds is 5. The molecule has 2 N–H and O–H groups in total. The van der Waals surface area contributed by atoms with Gasteiger partial charge in [-0.1, -0.05) is 27.7 Å². The van der Waals surface area contributed by atoms with Crippen molar-refractivity contribution in [3.05, 3.63) is 45.5 Å². The molecule has 3 rings (SSSR count). The first-order valence-corrected chi connectivity index (χ1v) is 9.73. The van der Waals surface area contributed by atoms with Gasteiger partial charge in [-0.15, -0.1) is 11.3 Å². The Labute approximate surface area is 156 Å². The second-order valence-electron chi connectivity index (χ2n) is 4.99. The topological polar surface area (TPSA) is 73.9 Å². The number of thiazole rings is 1. The van der Waals surface area contributed by atoms with Gasteiger partial charge in [0, 0.05) is 27.4 Å². The molecule has 0 saturated heterocycles. The van der Waals surface area contributed by atoms with E-state index in [1.54, 1.807) is 24.5 Å². The van der Waals surface area contributed by atoms with Gasteiger partial charge in [-0.25, -0.2) is 15.0 Å². The SMILES string of the molecule is COc1ccc(Br)cc1-c1nc(CSc2nc(C)cc(N)n2)cs1. The van der Waals surface area contributed by atoms with Gasteiger partial charge >= 0.3 is 0 Å². The number of halogens is 1. The number of benzene rings is 1. The molecule has 0 radical (unpaired) electrons. The van der Waals surface area contributed by atoms with Crippen LogP contribution in [0.1, 0.15) is 11.4 Å². The largest absolute Gasteiger partial charge is 0.496 e. The molecule has 3 aromatic rings. The molecular weight excluding hydrogens is 408 g/mol. The van der Waals surface area contributed by atoms with Gasteiger partial charge in [0.1, 0.15) is 16.6 Å². The summed E-state index contributed by atoms with van der Waals surface area (Å²) in [6.07, 6.45) is 0. The highest BCUT2D eigenvalue weighted by molar-refractivity contribution is 9.10. The highest BCUT2D eigenvalue weighted by atomic mass is 79.9. The highest BCUT2D eigenvalue weighted by Gasteiger charge is 2.12. The maximum Gasteiger partial charge on any atom is 0.190 e. The maximum absolute atomic E-state index is 5.76. The van der Waals surface area contributed by atoms with Gasteiger partial charge in [-0.05, 0) is 25.1 Å². The normalized spacial score (nSPS) is 10.8.